The molecule has 6 N–H and O–H groups in total. The van der Waals surface area contributed by atoms with Crippen molar-refractivity contribution in [1.29, 1.82) is 0 Å². The highest BCUT2D eigenvalue weighted by Gasteiger charge is 2.65. The van der Waals surface area contributed by atoms with E-state index in [0.29, 0.717) is 19.3 Å². The topological polar surface area (TPSA) is 165 Å². The van der Waals surface area contributed by atoms with Gasteiger partial charge in [-0.3, -0.25) is 4.55 Å². The van der Waals surface area contributed by atoms with Crippen LogP contribution in [0, 0.1) is 52.3 Å². The Labute approximate surface area is 221 Å². The normalized spacial score (nSPS) is 46.4. The lowest BCUT2D eigenvalue weighted by atomic mass is 9.43. The van der Waals surface area contributed by atoms with E-state index in [1.165, 1.54) is 0 Å². The zero-order valence-electron chi connectivity index (χ0n) is 22.4. The molecule has 0 bridgehead atoms. The van der Waals surface area contributed by atoms with Crippen molar-refractivity contribution in [3.63, 3.8) is 0 Å². The third-order valence-corrected chi connectivity index (χ3v) is 12.1. The predicted octanol–water partition coefficient (Wildman–Crippen LogP) is 2.15. The molecule has 0 amide bonds. The van der Waals surface area contributed by atoms with Crippen LogP contribution in [0.1, 0.15) is 78.6 Å². The maximum absolute atomic E-state index is 11.7. The van der Waals surface area contributed by atoms with Gasteiger partial charge >= 0.3 is 10.4 Å². The number of aliphatic hydroxyl groups is 5. The Hall–Kier alpha value is -0.330. The minimum Gasteiger partial charge on any atom is -0.396 e. The van der Waals surface area contributed by atoms with E-state index >= 15 is 0 Å². The maximum atomic E-state index is 11.7. The molecule has 0 aromatic rings. The van der Waals surface area contributed by atoms with Gasteiger partial charge < -0.3 is 25.5 Å². The Morgan fingerprint density at radius 3 is 2.35 bits per heavy atom. The first-order valence-electron chi connectivity index (χ1n) is 14.2. The fraction of sp³-hybridized carbons (Fsp3) is 1.00. The van der Waals surface area contributed by atoms with Crippen LogP contribution in [0.3, 0.4) is 0 Å². The minimum atomic E-state index is -4.65. The molecule has 4 rings (SSSR count). The summed E-state index contributed by atoms with van der Waals surface area (Å²) in [5, 5.41) is 53.5. The Bertz CT molecular complexity index is 898. The molecule has 0 spiro atoms. The highest BCUT2D eigenvalue weighted by atomic mass is 32.3. The summed E-state index contributed by atoms with van der Waals surface area (Å²) in [6.45, 7) is 5.67. The zero-order valence-corrected chi connectivity index (χ0v) is 23.3. The van der Waals surface area contributed by atoms with Gasteiger partial charge in [0.05, 0.1) is 37.6 Å². The van der Waals surface area contributed by atoms with Crippen molar-refractivity contribution in [2.24, 2.45) is 52.3 Å². The predicted molar refractivity (Wildman–Crippen MR) is 136 cm³/mol. The lowest BCUT2D eigenvalue weighted by molar-refractivity contribution is -0.207. The largest absolute Gasteiger partial charge is 0.397 e. The second-order valence-corrected chi connectivity index (χ2v) is 14.4. The van der Waals surface area contributed by atoms with Gasteiger partial charge in [0, 0.05) is 5.92 Å². The Balaban J connectivity index is 1.45. The molecule has 0 heterocycles. The molecule has 0 radical (unpaired) electrons. The molecule has 0 aromatic carbocycles. The van der Waals surface area contributed by atoms with Crippen LogP contribution in [0.4, 0.5) is 0 Å². The van der Waals surface area contributed by atoms with Gasteiger partial charge in [-0.2, -0.15) is 8.42 Å². The molecule has 10 heteroatoms. The van der Waals surface area contributed by atoms with Gasteiger partial charge in [-0.25, -0.2) is 4.18 Å². The number of aliphatic hydroxyl groups excluding tert-OH is 5. The molecule has 0 saturated heterocycles. The average Bonchev–Trinajstić information content (AvgIpc) is 3.17. The van der Waals surface area contributed by atoms with E-state index in [4.69, 9.17) is 4.55 Å². The van der Waals surface area contributed by atoms with E-state index in [1.54, 1.807) is 0 Å². The molecular weight excluding hydrogens is 500 g/mol. The summed E-state index contributed by atoms with van der Waals surface area (Å²) in [6, 6.07) is 0. The zero-order chi connectivity index (χ0) is 27.3. The Morgan fingerprint density at radius 1 is 1.00 bits per heavy atom. The van der Waals surface area contributed by atoms with Gasteiger partial charge in [0.25, 0.3) is 0 Å². The first-order valence-corrected chi connectivity index (χ1v) is 15.5. The van der Waals surface area contributed by atoms with Crippen LogP contribution in [0.15, 0.2) is 0 Å². The van der Waals surface area contributed by atoms with E-state index in [9.17, 15) is 34.0 Å². The molecule has 4 fully saturated rings. The molecule has 0 aromatic heterocycles. The van der Waals surface area contributed by atoms with E-state index in [-0.39, 0.29) is 52.4 Å². The highest BCUT2D eigenvalue weighted by molar-refractivity contribution is 7.80. The number of hydrogen-bond donors (Lipinski definition) is 6. The van der Waals surface area contributed by atoms with Crippen LogP contribution in [0.2, 0.25) is 0 Å². The average molecular weight is 549 g/mol. The molecule has 216 valence electrons. The molecule has 37 heavy (non-hydrogen) atoms. The summed E-state index contributed by atoms with van der Waals surface area (Å²) in [7, 11) is -4.65. The smallest absolute Gasteiger partial charge is 0.396 e. The molecule has 4 saturated carbocycles. The van der Waals surface area contributed by atoms with Crippen LogP contribution in [0.5, 0.6) is 0 Å². The number of fused-ring (bicyclic) bond motifs is 5. The fourth-order valence-electron chi connectivity index (χ4n) is 9.46. The molecule has 9 unspecified atom stereocenters. The van der Waals surface area contributed by atoms with Crippen LogP contribution in [-0.2, 0) is 14.6 Å². The van der Waals surface area contributed by atoms with Crippen molar-refractivity contribution in [1.82, 2.24) is 0 Å². The first-order chi connectivity index (χ1) is 17.2. The summed E-state index contributed by atoms with van der Waals surface area (Å²) in [6.07, 6.45) is 4.54. The molecule has 13 atom stereocenters. The minimum absolute atomic E-state index is 0.0304. The summed E-state index contributed by atoms with van der Waals surface area (Å²) >= 11 is 0. The molecule has 9 nitrogen and oxygen atoms in total. The molecule has 0 aliphatic heterocycles. The van der Waals surface area contributed by atoms with Gasteiger partial charge in [0.2, 0.25) is 0 Å². The van der Waals surface area contributed by atoms with Crippen molar-refractivity contribution in [3.8, 4) is 0 Å². The number of rotatable bonds is 9. The van der Waals surface area contributed by atoms with Gasteiger partial charge in [-0.15, -0.1) is 0 Å². The van der Waals surface area contributed by atoms with Crippen LogP contribution in [0.25, 0.3) is 0 Å². The van der Waals surface area contributed by atoms with Crippen LogP contribution >= 0.6 is 0 Å². The second-order valence-electron chi connectivity index (χ2n) is 13.3. The van der Waals surface area contributed by atoms with Crippen molar-refractivity contribution in [3.05, 3.63) is 0 Å². The van der Waals surface area contributed by atoms with Crippen LogP contribution < -0.4 is 0 Å². The van der Waals surface area contributed by atoms with Gasteiger partial charge in [-0.1, -0.05) is 20.8 Å². The molecular formula is C27H48O9S. The Morgan fingerprint density at radius 2 is 1.70 bits per heavy atom. The van der Waals surface area contributed by atoms with Crippen molar-refractivity contribution in [2.75, 3.05) is 13.2 Å². The third kappa shape index (κ3) is 5.51. The lowest BCUT2D eigenvalue weighted by Gasteiger charge is -2.63. The van der Waals surface area contributed by atoms with E-state index in [0.717, 1.165) is 38.5 Å². The summed E-state index contributed by atoms with van der Waals surface area (Å²) in [4.78, 5) is 0. The van der Waals surface area contributed by atoms with Crippen molar-refractivity contribution >= 4 is 10.4 Å². The van der Waals surface area contributed by atoms with Gasteiger partial charge in [-0.05, 0) is 104 Å². The third-order valence-electron chi connectivity index (χ3n) is 11.6. The van der Waals surface area contributed by atoms with E-state index in [2.05, 4.69) is 25.0 Å². The fourth-order valence-corrected chi connectivity index (χ4v) is 9.81. The quantitative estimate of drug-likeness (QED) is 0.237. The maximum Gasteiger partial charge on any atom is 0.397 e. The van der Waals surface area contributed by atoms with Crippen molar-refractivity contribution in [2.45, 2.75) is 103 Å². The molecule has 4 aliphatic rings. The summed E-state index contributed by atoms with van der Waals surface area (Å²) in [5.74, 6) is 0.439. The summed E-state index contributed by atoms with van der Waals surface area (Å²) < 4.78 is 34.9. The molecule has 4 aliphatic carbocycles. The van der Waals surface area contributed by atoms with Crippen molar-refractivity contribution < 1.29 is 42.7 Å². The first kappa shape index (κ1) is 29.6. The highest BCUT2D eigenvalue weighted by Crippen LogP contribution is 2.68. The van der Waals surface area contributed by atoms with Gasteiger partial charge in [0.15, 0.2) is 0 Å². The van der Waals surface area contributed by atoms with E-state index < -0.39 is 47.8 Å². The summed E-state index contributed by atoms with van der Waals surface area (Å²) in [5.41, 5.74) is -0.309. The number of hydrogen-bond acceptors (Lipinski definition) is 8. The standard InChI is InChI=1S/C27H48O9S/c1-15(4-7-22(30)16(13-28)14-36-37(33,34)35)19-5-6-20-25-21(12-24(32)27(19,20)3)26(2)9-8-18(29)10-17(26)11-23(25)31/h15-25,28-32H,4-14H2,1-3H3,(H,33,34,35)/t15-,16+,17?,18+,19?,20?,21?,22+,23?,24?,25?,26?,27?/m0/s1. The Kier molecular flexibility index (Phi) is 8.75. The monoisotopic (exact) mass is 548 g/mol. The van der Waals surface area contributed by atoms with Gasteiger partial charge in [0.1, 0.15) is 0 Å². The van der Waals surface area contributed by atoms with Crippen LogP contribution in [-0.4, -0.2) is 76.1 Å². The van der Waals surface area contributed by atoms with E-state index in [1.807, 2.05) is 0 Å². The second kappa shape index (κ2) is 10.9. The lowest BCUT2D eigenvalue weighted by Crippen LogP contribution is -2.62. The SMILES string of the molecule is C[C@@H](CC[C@@H](O)[C@H](CO)COS(=O)(=O)O)C1CCC2C3C(O)CC4C[C@H](O)CCC4(C)C3CC(O)C21C.